The molecule has 1 heterocycles. The molecule has 33 heavy (non-hydrogen) atoms. The van der Waals surface area contributed by atoms with Gasteiger partial charge < -0.3 is 19.7 Å². The lowest BCUT2D eigenvalue weighted by molar-refractivity contribution is -0.128. The predicted octanol–water partition coefficient (Wildman–Crippen LogP) is 4.28. The highest BCUT2D eigenvalue weighted by Crippen LogP contribution is 2.39. The van der Waals surface area contributed by atoms with Gasteiger partial charge >= 0.3 is 0 Å². The van der Waals surface area contributed by atoms with E-state index in [2.05, 4.69) is 5.32 Å². The van der Waals surface area contributed by atoms with Gasteiger partial charge in [0.15, 0.2) is 11.5 Å². The number of hydrogen-bond donors (Lipinski definition) is 1. The van der Waals surface area contributed by atoms with Crippen molar-refractivity contribution in [3.63, 3.8) is 0 Å². The number of thioether (sulfide) groups is 1. The summed E-state index contributed by atoms with van der Waals surface area (Å²) in [4.78, 5) is 26.8. The summed E-state index contributed by atoms with van der Waals surface area (Å²) in [5.41, 5.74) is 2.68. The fraction of sp³-hybridized carbons (Fsp3) is 0.231. The summed E-state index contributed by atoms with van der Waals surface area (Å²) in [7, 11) is 1.59. The van der Waals surface area contributed by atoms with Crippen molar-refractivity contribution in [3.8, 4) is 11.5 Å². The highest BCUT2D eigenvalue weighted by Gasteiger charge is 2.32. The number of carbonyl (C=O) groups excluding carboxylic acids is 2. The third-order valence-electron chi connectivity index (χ3n) is 5.34. The van der Waals surface area contributed by atoms with Crippen molar-refractivity contribution in [3.05, 3.63) is 95.6 Å². The largest absolute Gasteiger partial charge is 0.493 e. The third-order valence-corrected chi connectivity index (χ3v) is 6.59. The van der Waals surface area contributed by atoms with Gasteiger partial charge in [-0.3, -0.25) is 9.59 Å². The molecule has 6 nitrogen and oxygen atoms in total. The van der Waals surface area contributed by atoms with Gasteiger partial charge in [-0.05, 0) is 35.4 Å². The summed E-state index contributed by atoms with van der Waals surface area (Å²) < 4.78 is 10.9. The van der Waals surface area contributed by atoms with Crippen LogP contribution >= 0.6 is 11.8 Å². The van der Waals surface area contributed by atoms with Crippen molar-refractivity contribution < 1.29 is 19.1 Å². The highest BCUT2D eigenvalue weighted by molar-refractivity contribution is 8.00. The Kier molecular flexibility index (Phi) is 7.52. The molecule has 2 amide bonds. The van der Waals surface area contributed by atoms with Gasteiger partial charge in [0.05, 0.1) is 19.4 Å². The second-order valence-corrected chi connectivity index (χ2v) is 8.62. The molecule has 1 aliphatic heterocycles. The average Bonchev–Trinajstić information content (AvgIpc) is 3.22. The first-order valence-electron chi connectivity index (χ1n) is 10.7. The van der Waals surface area contributed by atoms with Crippen LogP contribution in [-0.2, 0) is 11.3 Å². The van der Waals surface area contributed by atoms with E-state index >= 15 is 0 Å². The van der Waals surface area contributed by atoms with E-state index in [4.69, 9.17) is 9.47 Å². The fourth-order valence-corrected chi connectivity index (χ4v) is 4.83. The first kappa shape index (κ1) is 22.7. The van der Waals surface area contributed by atoms with Gasteiger partial charge in [-0.25, -0.2) is 0 Å². The number of amides is 2. The van der Waals surface area contributed by atoms with Crippen molar-refractivity contribution in [2.45, 2.75) is 11.9 Å². The van der Waals surface area contributed by atoms with Crippen LogP contribution in [0.4, 0.5) is 0 Å². The van der Waals surface area contributed by atoms with Gasteiger partial charge in [0.25, 0.3) is 5.91 Å². The first-order chi connectivity index (χ1) is 16.2. The molecule has 0 radical (unpaired) electrons. The zero-order valence-corrected chi connectivity index (χ0v) is 19.2. The summed E-state index contributed by atoms with van der Waals surface area (Å²) in [5.74, 6) is 1.73. The molecule has 0 spiro atoms. The molecule has 0 aromatic heterocycles. The topological polar surface area (TPSA) is 67.9 Å². The maximum absolute atomic E-state index is 12.5. The molecule has 170 valence electrons. The Morgan fingerprint density at radius 1 is 1.00 bits per heavy atom. The Balaban J connectivity index is 1.31. The van der Waals surface area contributed by atoms with E-state index in [1.54, 1.807) is 31.0 Å². The number of para-hydroxylation sites is 2. The number of rotatable bonds is 9. The van der Waals surface area contributed by atoms with Gasteiger partial charge in [0.2, 0.25) is 5.91 Å². The van der Waals surface area contributed by atoms with Crippen LogP contribution in [0.25, 0.3) is 0 Å². The molecule has 4 rings (SSSR count). The Bertz CT molecular complexity index is 1090. The molecule has 1 N–H and O–H groups in total. The van der Waals surface area contributed by atoms with Gasteiger partial charge in [0, 0.05) is 12.1 Å². The van der Waals surface area contributed by atoms with Crippen LogP contribution in [0, 0.1) is 0 Å². The minimum absolute atomic E-state index is 0.0518. The Morgan fingerprint density at radius 2 is 1.70 bits per heavy atom. The van der Waals surface area contributed by atoms with E-state index in [1.165, 1.54) is 0 Å². The molecule has 1 saturated heterocycles. The van der Waals surface area contributed by atoms with Crippen molar-refractivity contribution in [2.75, 3.05) is 26.0 Å². The lowest BCUT2D eigenvalue weighted by atomic mass is 10.1. The van der Waals surface area contributed by atoms with Gasteiger partial charge in [-0.2, -0.15) is 0 Å². The van der Waals surface area contributed by atoms with Crippen LogP contribution in [-0.4, -0.2) is 42.7 Å². The van der Waals surface area contributed by atoms with Crippen LogP contribution in [0.1, 0.15) is 26.9 Å². The Hall–Kier alpha value is -3.45. The lowest BCUT2D eigenvalue weighted by Gasteiger charge is -2.24. The number of benzene rings is 3. The minimum atomic E-state index is -0.165. The maximum atomic E-state index is 12.5. The van der Waals surface area contributed by atoms with E-state index in [1.807, 2.05) is 71.6 Å². The van der Waals surface area contributed by atoms with Crippen LogP contribution in [0.15, 0.2) is 78.9 Å². The molecule has 1 aliphatic rings. The average molecular weight is 463 g/mol. The number of nitrogens with zero attached hydrogens (tertiary/aromatic N) is 1. The van der Waals surface area contributed by atoms with E-state index in [9.17, 15) is 9.59 Å². The molecule has 3 aromatic carbocycles. The number of carbonyl (C=O) groups is 2. The number of hydrogen-bond acceptors (Lipinski definition) is 5. The second kappa shape index (κ2) is 10.9. The molecule has 1 fully saturated rings. The molecular formula is C26H26N2O4S. The van der Waals surface area contributed by atoms with Crippen molar-refractivity contribution in [1.29, 1.82) is 0 Å². The molecular weight excluding hydrogens is 436 g/mol. The monoisotopic (exact) mass is 462 g/mol. The van der Waals surface area contributed by atoms with E-state index in [-0.39, 0.29) is 17.2 Å². The van der Waals surface area contributed by atoms with E-state index < -0.39 is 0 Å². The first-order valence-corrected chi connectivity index (χ1v) is 11.8. The van der Waals surface area contributed by atoms with Crippen LogP contribution in [0.2, 0.25) is 0 Å². The fourth-order valence-electron chi connectivity index (χ4n) is 3.65. The van der Waals surface area contributed by atoms with Crippen LogP contribution in [0.3, 0.4) is 0 Å². The summed E-state index contributed by atoms with van der Waals surface area (Å²) >= 11 is 1.61. The molecule has 0 aliphatic carbocycles. The SMILES string of the molecule is COc1ccccc1OCCNC(=O)c1ccc(C2SCC(=O)N2Cc2ccccc2)cc1. The van der Waals surface area contributed by atoms with Crippen molar-refractivity contribution in [2.24, 2.45) is 0 Å². The van der Waals surface area contributed by atoms with E-state index in [0.717, 1.165) is 11.1 Å². The molecule has 1 atom stereocenters. The smallest absolute Gasteiger partial charge is 0.251 e. The summed E-state index contributed by atoms with van der Waals surface area (Å²) in [6, 6.07) is 24.8. The van der Waals surface area contributed by atoms with Gasteiger partial charge in [-0.1, -0.05) is 54.6 Å². The molecule has 0 bridgehead atoms. The number of ether oxygens (including phenoxy) is 2. The number of methoxy groups -OCH3 is 1. The standard InChI is InChI=1S/C26H26N2O4S/c1-31-22-9-5-6-10-23(22)32-16-15-27-25(30)20-11-13-21(14-12-20)26-28(24(29)18-33-26)17-19-7-3-2-4-8-19/h2-14,26H,15-18H2,1H3,(H,27,30). The van der Waals surface area contributed by atoms with Crippen molar-refractivity contribution >= 4 is 23.6 Å². The Labute approximate surface area is 197 Å². The minimum Gasteiger partial charge on any atom is -0.493 e. The Morgan fingerprint density at radius 3 is 2.42 bits per heavy atom. The maximum Gasteiger partial charge on any atom is 0.251 e. The normalized spacial score (nSPS) is 15.4. The predicted molar refractivity (Wildman–Crippen MR) is 129 cm³/mol. The van der Waals surface area contributed by atoms with Gasteiger partial charge in [-0.15, -0.1) is 11.8 Å². The number of nitrogens with one attached hydrogen (secondary N) is 1. The third kappa shape index (κ3) is 5.68. The van der Waals surface area contributed by atoms with Crippen LogP contribution < -0.4 is 14.8 Å². The lowest BCUT2D eigenvalue weighted by Crippen LogP contribution is -2.28. The van der Waals surface area contributed by atoms with E-state index in [0.29, 0.717) is 42.5 Å². The summed E-state index contributed by atoms with van der Waals surface area (Å²) in [5, 5.41) is 2.82. The zero-order chi connectivity index (χ0) is 23.0. The molecule has 0 saturated carbocycles. The quantitative estimate of drug-likeness (QED) is 0.481. The van der Waals surface area contributed by atoms with Crippen LogP contribution in [0.5, 0.6) is 11.5 Å². The molecule has 1 unspecified atom stereocenters. The van der Waals surface area contributed by atoms with Crippen molar-refractivity contribution in [1.82, 2.24) is 10.2 Å². The molecule has 7 heteroatoms. The molecule has 3 aromatic rings. The summed E-state index contributed by atoms with van der Waals surface area (Å²) in [6.45, 7) is 1.28. The zero-order valence-electron chi connectivity index (χ0n) is 18.4. The second-order valence-electron chi connectivity index (χ2n) is 7.55. The summed E-state index contributed by atoms with van der Waals surface area (Å²) in [6.07, 6.45) is 0. The highest BCUT2D eigenvalue weighted by atomic mass is 32.2. The van der Waals surface area contributed by atoms with Gasteiger partial charge in [0.1, 0.15) is 12.0 Å².